The van der Waals surface area contributed by atoms with Crippen LogP contribution in [-0.4, -0.2) is 16.9 Å². The summed E-state index contributed by atoms with van der Waals surface area (Å²) in [6.45, 7) is 9.56. The molecule has 0 aromatic carbocycles. The molecule has 1 fully saturated rings. The van der Waals surface area contributed by atoms with Crippen molar-refractivity contribution < 1.29 is 0 Å². The maximum absolute atomic E-state index is 2.39. The fourth-order valence-corrected chi connectivity index (χ4v) is 5.34. The zero-order chi connectivity index (χ0) is 11.5. The quantitative estimate of drug-likeness (QED) is 0.677. The number of hydrogen-bond acceptors (Lipinski definition) is 0. The van der Waals surface area contributed by atoms with Crippen LogP contribution in [0.5, 0.6) is 0 Å². The molecule has 0 bridgehead atoms. The summed E-state index contributed by atoms with van der Waals surface area (Å²) in [5, 5.41) is 0. The normalized spacial score (nSPS) is 32.6. The van der Waals surface area contributed by atoms with E-state index in [2.05, 4.69) is 27.7 Å². The molecule has 0 radical (unpaired) electrons. The van der Waals surface area contributed by atoms with Gasteiger partial charge in [0.1, 0.15) is 0 Å². The molecule has 1 heteroatoms. The van der Waals surface area contributed by atoms with Crippen molar-refractivity contribution in [1.29, 1.82) is 0 Å². The molecule has 0 saturated heterocycles. The second-order valence-electron chi connectivity index (χ2n) is 6.40. The SMILES string of the molecule is CC(C)CC1CCCCC1([AsH2])CC(C)C. The first kappa shape index (κ1) is 13.6. The van der Waals surface area contributed by atoms with Gasteiger partial charge < -0.3 is 0 Å². The van der Waals surface area contributed by atoms with Crippen LogP contribution in [0.3, 0.4) is 0 Å². The van der Waals surface area contributed by atoms with Gasteiger partial charge in [-0.25, -0.2) is 0 Å². The monoisotopic (exact) mass is 272 g/mol. The van der Waals surface area contributed by atoms with Gasteiger partial charge in [0, 0.05) is 0 Å². The van der Waals surface area contributed by atoms with Crippen molar-refractivity contribution in [2.45, 2.75) is 70.4 Å². The van der Waals surface area contributed by atoms with Gasteiger partial charge >= 0.3 is 105 Å². The van der Waals surface area contributed by atoms with Crippen molar-refractivity contribution in [3.63, 3.8) is 0 Å². The zero-order valence-corrected chi connectivity index (χ0v) is 13.5. The van der Waals surface area contributed by atoms with E-state index in [4.69, 9.17) is 0 Å². The van der Waals surface area contributed by atoms with E-state index in [9.17, 15) is 0 Å². The van der Waals surface area contributed by atoms with E-state index in [0.29, 0.717) is 4.20 Å². The number of rotatable bonds is 4. The Morgan fingerprint density at radius 1 is 1.13 bits per heavy atom. The Bertz CT molecular complexity index is 186. The fourth-order valence-electron chi connectivity index (χ4n) is 3.29. The standard InChI is InChI=1S/C14H29As/c1-11(2)9-13-7-5-6-8-14(13,15)10-12(3)4/h11-13H,5-10,15H2,1-4H3. The summed E-state index contributed by atoms with van der Waals surface area (Å²) >= 11 is 2.04. The van der Waals surface area contributed by atoms with Gasteiger partial charge in [-0.1, -0.05) is 0 Å². The Balaban J connectivity index is 2.62. The fraction of sp³-hybridized carbons (Fsp3) is 1.00. The van der Waals surface area contributed by atoms with Crippen LogP contribution in [0.1, 0.15) is 66.2 Å². The Hall–Kier alpha value is 0.558. The average molecular weight is 272 g/mol. The molecule has 1 aliphatic rings. The first-order chi connectivity index (χ1) is 6.94. The van der Waals surface area contributed by atoms with Crippen LogP contribution in [0, 0.1) is 17.8 Å². The van der Waals surface area contributed by atoms with Crippen LogP contribution in [0.2, 0.25) is 4.20 Å². The summed E-state index contributed by atoms with van der Waals surface area (Å²) in [5.74, 6) is 2.79. The topological polar surface area (TPSA) is 0 Å². The Morgan fingerprint density at radius 3 is 2.33 bits per heavy atom. The second kappa shape index (κ2) is 5.76. The van der Waals surface area contributed by atoms with E-state index in [1.807, 2.05) is 16.9 Å². The molecule has 1 rings (SSSR count). The molecule has 0 aromatic rings. The third kappa shape index (κ3) is 4.14. The molecule has 0 heterocycles. The summed E-state index contributed by atoms with van der Waals surface area (Å²) in [5.41, 5.74) is 0. The average Bonchev–Trinajstić information content (AvgIpc) is 2.07. The summed E-state index contributed by atoms with van der Waals surface area (Å²) in [7, 11) is 0. The van der Waals surface area contributed by atoms with Crippen molar-refractivity contribution in [2.75, 3.05) is 0 Å². The van der Waals surface area contributed by atoms with E-state index >= 15 is 0 Å². The van der Waals surface area contributed by atoms with Crippen LogP contribution in [-0.2, 0) is 0 Å². The minimum absolute atomic E-state index is 0.712. The van der Waals surface area contributed by atoms with Gasteiger partial charge in [-0.05, 0) is 0 Å². The van der Waals surface area contributed by atoms with Gasteiger partial charge in [0.2, 0.25) is 0 Å². The van der Waals surface area contributed by atoms with Crippen molar-refractivity contribution in [3.8, 4) is 0 Å². The first-order valence-corrected chi connectivity index (χ1v) is 7.94. The predicted octanol–water partition coefficient (Wildman–Crippen LogP) is 4.06. The van der Waals surface area contributed by atoms with E-state index in [0.717, 1.165) is 17.8 Å². The van der Waals surface area contributed by atoms with Crippen molar-refractivity contribution in [1.82, 2.24) is 0 Å². The molecule has 90 valence electrons. The van der Waals surface area contributed by atoms with Gasteiger partial charge in [0.15, 0.2) is 0 Å². The molecular weight excluding hydrogens is 243 g/mol. The summed E-state index contributed by atoms with van der Waals surface area (Å²) in [6.07, 6.45) is 8.90. The van der Waals surface area contributed by atoms with E-state index in [1.165, 1.54) is 38.5 Å². The molecule has 0 aromatic heterocycles. The van der Waals surface area contributed by atoms with Crippen molar-refractivity contribution in [2.24, 2.45) is 17.8 Å². The maximum atomic E-state index is 2.39. The molecule has 3 atom stereocenters. The van der Waals surface area contributed by atoms with Crippen LogP contribution < -0.4 is 0 Å². The van der Waals surface area contributed by atoms with Gasteiger partial charge in [-0.2, -0.15) is 0 Å². The van der Waals surface area contributed by atoms with Crippen molar-refractivity contribution >= 4 is 16.9 Å². The Labute approximate surface area is 105 Å². The molecule has 0 spiro atoms. The van der Waals surface area contributed by atoms with E-state index in [-0.39, 0.29) is 0 Å². The first-order valence-electron chi connectivity index (χ1n) is 6.73. The van der Waals surface area contributed by atoms with Crippen LogP contribution >= 0.6 is 0 Å². The second-order valence-corrected chi connectivity index (χ2v) is 8.82. The molecule has 15 heavy (non-hydrogen) atoms. The third-order valence-electron chi connectivity index (χ3n) is 3.80. The third-order valence-corrected chi connectivity index (χ3v) is 5.89. The Kier molecular flexibility index (Phi) is 5.23. The van der Waals surface area contributed by atoms with E-state index < -0.39 is 0 Å². The van der Waals surface area contributed by atoms with Crippen LogP contribution in [0.25, 0.3) is 0 Å². The summed E-state index contributed by atoms with van der Waals surface area (Å²) in [4.78, 5) is 0. The van der Waals surface area contributed by atoms with E-state index in [1.54, 1.807) is 0 Å². The Morgan fingerprint density at radius 2 is 1.80 bits per heavy atom. The van der Waals surface area contributed by atoms with Gasteiger partial charge in [0.05, 0.1) is 0 Å². The molecule has 3 unspecified atom stereocenters. The molecule has 0 N–H and O–H groups in total. The molecule has 1 aliphatic carbocycles. The van der Waals surface area contributed by atoms with Crippen LogP contribution in [0.15, 0.2) is 0 Å². The zero-order valence-electron chi connectivity index (χ0n) is 11.1. The predicted molar refractivity (Wildman–Crippen MR) is 72.1 cm³/mol. The van der Waals surface area contributed by atoms with Crippen molar-refractivity contribution in [3.05, 3.63) is 0 Å². The number of hydrogen-bond donors (Lipinski definition) is 0. The minimum atomic E-state index is 0.712. The van der Waals surface area contributed by atoms with Gasteiger partial charge in [-0.15, -0.1) is 0 Å². The molecule has 0 nitrogen and oxygen atoms in total. The molecule has 0 aliphatic heterocycles. The van der Waals surface area contributed by atoms with Gasteiger partial charge in [0.25, 0.3) is 0 Å². The molecule has 1 saturated carbocycles. The summed E-state index contributed by atoms with van der Waals surface area (Å²) < 4.78 is 0.712. The molecular formula is C14H29As. The van der Waals surface area contributed by atoms with Crippen LogP contribution in [0.4, 0.5) is 0 Å². The van der Waals surface area contributed by atoms with Gasteiger partial charge in [-0.3, -0.25) is 0 Å². The summed E-state index contributed by atoms with van der Waals surface area (Å²) in [6, 6.07) is 0. The molecule has 0 amide bonds.